The summed E-state index contributed by atoms with van der Waals surface area (Å²) in [5.74, 6) is 0.289. The van der Waals surface area contributed by atoms with Crippen molar-refractivity contribution in [3.63, 3.8) is 0 Å². The first-order chi connectivity index (χ1) is 10.2. The zero-order valence-electron chi connectivity index (χ0n) is 10.9. The Hall–Kier alpha value is -2.46. The number of hydrogen-bond acceptors (Lipinski definition) is 3. The molecule has 1 heterocycles. The van der Waals surface area contributed by atoms with Gasteiger partial charge in [-0.05, 0) is 29.8 Å². The first-order valence-electron chi connectivity index (χ1n) is 6.32. The molecule has 0 aliphatic heterocycles. The van der Waals surface area contributed by atoms with Crippen molar-refractivity contribution >= 4 is 23.1 Å². The monoisotopic (exact) mass is 299 g/mol. The highest BCUT2D eigenvalue weighted by Gasteiger charge is 2.12. The van der Waals surface area contributed by atoms with Crippen LogP contribution in [0.4, 0.5) is 15.9 Å². The second kappa shape index (κ2) is 5.89. The van der Waals surface area contributed by atoms with Crippen LogP contribution in [0, 0.1) is 5.82 Å². The number of halogens is 2. The van der Waals surface area contributed by atoms with Crippen molar-refractivity contribution in [1.82, 2.24) is 9.97 Å². The van der Waals surface area contributed by atoms with Crippen molar-refractivity contribution in [1.29, 1.82) is 0 Å². The molecule has 3 nitrogen and oxygen atoms in total. The molecule has 0 aliphatic rings. The van der Waals surface area contributed by atoms with Crippen molar-refractivity contribution in [2.75, 3.05) is 5.32 Å². The van der Waals surface area contributed by atoms with E-state index in [1.54, 1.807) is 12.1 Å². The number of benzene rings is 2. The average molecular weight is 300 g/mol. The lowest BCUT2D eigenvalue weighted by atomic mass is 10.1. The Morgan fingerprint density at radius 1 is 0.905 bits per heavy atom. The van der Waals surface area contributed by atoms with Gasteiger partial charge in [-0.25, -0.2) is 14.4 Å². The van der Waals surface area contributed by atoms with Gasteiger partial charge in [-0.3, -0.25) is 0 Å². The molecule has 0 amide bonds. The van der Waals surface area contributed by atoms with Gasteiger partial charge in [0.1, 0.15) is 23.1 Å². The summed E-state index contributed by atoms with van der Waals surface area (Å²) in [4.78, 5) is 8.26. The molecule has 0 unspecified atom stereocenters. The van der Waals surface area contributed by atoms with Gasteiger partial charge >= 0.3 is 0 Å². The van der Waals surface area contributed by atoms with Gasteiger partial charge in [0.2, 0.25) is 0 Å². The van der Waals surface area contributed by atoms with E-state index in [0.717, 1.165) is 11.3 Å². The second-order valence-electron chi connectivity index (χ2n) is 4.39. The van der Waals surface area contributed by atoms with Crippen LogP contribution >= 0.6 is 11.6 Å². The Morgan fingerprint density at radius 3 is 2.33 bits per heavy atom. The van der Waals surface area contributed by atoms with Crippen molar-refractivity contribution in [2.45, 2.75) is 0 Å². The zero-order chi connectivity index (χ0) is 14.7. The molecule has 1 aromatic heterocycles. The molecule has 21 heavy (non-hydrogen) atoms. The molecular weight excluding hydrogens is 289 g/mol. The predicted octanol–water partition coefficient (Wildman–Crippen LogP) is 4.68. The minimum atomic E-state index is -0.287. The maximum Gasteiger partial charge on any atom is 0.143 e. The van der Waals surface area contributed by atoms with E-state index in [0.29, 0.717) is 16.5 Å². The molecule has 2 aromatic carbocycles. The SMILES string of the molecule is Fc1ccc(Nc2ncnc(Cl)c2-c2ccccc2)cc1. The van der Waals surface area contributed by atoms with Gasteiger partial charge in [-0.1, -0.05) is 41.9 Å². The Balaban J connectivity index is 2.03. The first-order valence-corrected chi connectivity index (χ1v) is 6.70. The molecule has 0 saturated heterocycles. The summed E-state index contributed by atoms with van der Waals surface area (Å²) in [6, 6.07) is 15.7. The number of rotatable bonds is 3. The molecule has 3 aromatic rings. The average Bonchev–Trinajstić information content (AvgIpc) is 2.51. The lowest BCUT2D eigenvalue weighted by Crippen LogP contribution is -1.98. The normalized spacial score (nSPS) is 10.4. The van der Waals surface area contributed by atoms with E-state index in [-0.39, 0.29) is 5.82 Å². The summed E-state index contributed by atoms with van der Waals surface area (Å²) in [6.45, 7) is 0. The fraction of sp³-hybridized carbons (Fsp3) is 0. The molecule has 0 atom stereocenters. The summed E-state index contributed by atoms with van der Waals surface area (Å²) in [7, 11) is 0. The van der Waals surface area contributed by atoms with E-state index < -0.39 is 0 Å². The zero-order valence-corrected chi connectivity index (χ0v) is 11.7. The van der Waals surface area contributed by atoms with Gasteiger partial charge in [0.25, 0.3) is 0 Å². The van der Waals surface area contributed by atoms with E-state index in [1.807, 2.05) is 30.3 Å². The second-order valence-corrected chi connectivity index (χ2v) is 4.74. The Bertz CT molecular complexity index is 745. The summed E-state index contributed by atoms with van der Waals surface area (Å²) in [5.41, 5.74) is 2.35. The topological polar surface area (TPSA) is 37.8 Å². The molecule has 5 heteroatoms. The maximum absolute atomic E-state index is 13.0. The smallest absolute Gasteiger partial charge is 0.143 e. The van der Waals surface area contributed by atoms with Gasteiger partial charge in [0.05, 0.1) is 5.56 Å². The van der Waals surface area contributed by atoms with Crippen LogP contribution in [0.3, 0.4) is 0 Å². The van der Waals surface area contributed by atoms with Crippen molar-refractivity contribution < 1.29 is 4.39 Å². The standard InChI is InChI=1S/C16H11ClFN3/c17-15-14(11-4-2-1-3-5-11)16(20-10-19-15)21-13-8-6-12(18)7-9-13/h1-10H,(H,19,20,21). The fourth-order valence-corrected chi connectivity index (χ4v) is 2.23. The third-order valence-electron chi connectivity index (χ3n) is 2.97. The van der Waals surface area contributed by atoms with Gasteiger partial charge in [0, 0.05) is 5.69 Å². The van der Waals surface area contributed by atoms with Crippen LogP contribution in [0.5, 0.6) is 0 Å². The Kier molecular flexibility index (Phi) is 3.79. The Labute approximate surface area is 126 Å². The van der Waals surface area contributed by atoms with Crippen LogP contribution in [0.15, 0.2) is 60.9 Å². The van der Waals surface area contributed by atoms with Gasteiger partial charge in [0.15, 0.2) is 0 Å². The lowest BCUT2D eigenvalue weighted by Gasteiger charge is -2.12. The van der Waals surface area contributed by atoms with Crippen LogP contribution in [0.1, 0.15) is 0 Å². The molecule has 3 rings (SSSR count). The van der Waals surface area contributed by atoms with Crippen LogP contribution in [-0.4, -0.2) is 9.97 Å². The third kappa shape index (κ3) is 3.01. The molecular formula is C16H11ClFN3. The first kappa shape index (κ1) is 13.5. The third-order valence-corrected chi connectivity index (χ3v) is 3.26. The quantitative estimate of drug-likeness (QED) is 0.714. The summed E-state index contributed by atoms with van der Waals surface area (Å²) in [6.07, 6.45) is 1.39. The highest BCUT2D eigenvalue weighted by atomic mass is 35.5. The van der Waals surface area contributed by atoms with Gasteiger partial charge in [-0.15, -0.1) is 0 Å². The molecule has 0 saturated carbocycles. The molecule has 1 N–H and O–H groups in total. The van der Waals surface area contributed by atoms with E-state index in [4.69, 9.17) is 11.6 Å². The van der Waals surface area contributed by atoms with E-state index >= 15 is 0 Å². The van der Waals surface area contributed by atoms with Crippen molar-refractivity contribution in [2.24, 2.45) is 0 Å². The molecule has 104 valence electrons. The highest BCUT2D eigenvalue weighted by Crippen LogP contribution is 2.33. The molecule has 0 bridgehead atoms. The minimum Gasteiger partial charge on any atom is -0.340 e. The number of hydrogen-bond donors (Lipinski definition) is 1. The summed E-state index contributed by atoms with van der Waals surface area (Å²) >= 11 is 6.20. The molecule has 0 fully saturated rings. The van der Waals surface area contributed by atoms with Crippen molar-refractivity contribution in [3.05, 3.63) is 71.9 Å². The Morgan fingerprint density at radius 2 is 1.62 bits per heavy atom. The number of nitrogens with zero attached hydrogens (tertiary/aromatic N) is 2. The van der Waals surface area contributed by atoms with E-state index in [2.05, 4.69) is 15.3 Å². The molecule has 0 radical (unpaired) electrons. The van der Waals surface area contributed by atoms with Crippen LogP contribution in [-0.2, 0) is 0 Å². The van der Waals surface area contributed by atoms with Crippen LogP contribution < -0.4 is 5.32 Å². The maximum atomic E-state index is 13.0. The molecule has 0 spiro atoms. The summed E-state index contributed by atoms with van der Waals surface area (Å²) < 4.78 is 13.0. The predicted molar refractivity (Wildman–Crippen MR) is 82.2 cm³/mol. The van der Waals surface area contributed by atoms with Crippen LogP contribution in [0.25, 0.3) is 11.1 Å². The number of nitrogens with one attached hydrogen (secondary N) is 1. The van der Waals surface area contributed by atoms with Gasteiger partial charge in [-0.2, -0.15) is 0 Å². The minimum absolute atomic E-state index is 0.287. The van der Waals surface area contributed by atoms with E-state index in [1.165, 1.54) is 18.5 Å². The number of anilines is 2. The van der Waals surface area contributed by atoms with Crippen LogP contribution in [0.2, 0.25) is 5.15 Å². The highest BCUT2D eigenvalue weighted by molar-refractivity contribution is 6.32. The molecule has 0 aliphatic carbocycles. The summed E-state index contributed by atoms with van der Waals surface area (Å²) in [5, 5.41) is 3.50. The lowest BCUT2D eigenvalue weighted by molar-refractivity contribution is 0.628. The van der Waals surface area contributed by atoms with Crippen molar-refractivity contribution in [3.8, 4) is 11.1 Å². The largest absolute Gasteiger partial charge is 0.340 e. The van der Waals surface area contributed by atoms with E-state index in [9.17, 15) is 4.39 Å². The number of aromatic nitrogens is 2. The fourth-order valence-electron chi connectivity index (χ4n) is 1.99. The van der Waals surface area contributed by atoms with Gasteiger partial charge < -0.3 is 5.32 Å².